The number of hydrogen-bond acceptors (Lipinski definition) is 1. The molecule has 2 aromatic carbocycles. The smallest absolute Gasteiger partial charge is 0.497 e. The van der Waals surface area contributed by atoms with Crippen LogP contribution in [0.15, 0.2) is 48.5 Å². The molecule has 0 spiro atoms. The SMILES string of the molecule is COc1ccc(C2(c3[c-]cccc3)CCCCC2)cc1.[CH3-].[U+2]. The van der Waals surface area contributed by atoms with Crippen molar-refractivity contribution in [3.63, 3.8) is 0 Å². The van der Waals surface area contributed by atoms with Crippen molar-refractivity contribution < 1.29 is 35.9 Å². The van der Waals surface area contributed by atoms with Crippen LogP contribution in [0.5, 0.6) is 5.75 Å². The van der Waals surface area contributed by atoms with Gasteiger partial charge in [0.1, 0.15) is 5.75 Å². The molecule has 0 bridgehead atoms. The van der Waals surface area contributed by atoms with Gasteiger partial charge in [0, 0.05) is 0 Å². The van der Waals surface area contributed by atoms with Crippen molar-refractivity contribution >= 4 is 0 Å². The number of rotatable bonds is 3. The topological polar surface area (TPSA) is 9.23 Å². The second kappa shape index (κ2) is 8.80. The molecular weight excluding hydrogens is 494 g/mol. The third-order valence-electron chi connectivity index (χ3n) is 4.57. The van der Waals surface area contributed by atoms with Crippen molar-refractivity contribution in [2.75, 3.05) is 7.11 Å². The Kier molecular flexibility index (Phi) is 7.74. The molecule has 2 heteroatoms. The van der Waals surface area contributed by atoms with E-state index in [0.29, 0.717) is 0 Å². The van der Waals surface area contributed by atoms with Crippen molar-refractivity contribution in [3.05, 3.63) is 73.2 Å². The Hall–Kier alpha value is -0.708. The zero-order valence-corrected chi connectivity index (χ0v) is 17.7. The maximum absolute atomic E-state index is 5.29. The van der Waals surface area contributed by atoms with Gasteiger partial charge in [-0.15, -0.1) is 0 Å². The van der Waals surface area contributed by atoms with Crippen molar-refractivity contribution in [2.24, 2.45) is 0 Å². The summed E-state index contributed by atoms with van der Waals surface area (Å²) in [6.07, 6.45) is 6.40. The fourth-order valence-electron chi connectivity index (χ4n) is 3.47. The van der Waals surface area contributed by atoms with Crippen LogP contribution in [0.1, 0.15) is 43.2 Å². The summed E-state index contributed by atoms with van der Waals surface area (Å²) in [5.41, 5.74) is 2.89. The average molecular weight is 518 g/mol. The van der Waals surface area contributed by atoms with Gasteiger partial charge >= 0.3 is 31.1 Å². The molecule has 0 radical (unpaired) electrons. The molecule has 114 valence electrons. The van der Waals surface area contributed by atoms with Crippen LogP contribution >= 0.6 is 0 Å². The molecule has 3 rings (SSSR count). The molecule has 0 heterocycles. The number of hydrogen-bond donors (Lipinski definition) is 0. The van der Waals surface area contributed by atoms with E-state index >= 15 is 0 Å². The Labute approximate surface area is 158 Å². The summed E-state index contributed by atoms with van der Waals surface area (Å²) >= 11 is 0. The Morgan fingerprint density at radius 2 is 1.64 bits per heavy atom. The fraction of sp³-hybridized carbons (Fsp3) is 0.350. The molecule has 0 aromatic heterocycles. The molecule has 1 saturated carbocycles. The fourth-order valence-corrected chi connectivity index (χ4v) is 3.47. The van der Waals surface area contributed by atoms with E-state index in [1.807, 2.05) is 12.1 Å². The van der Waals surface area contributed by atoms with E-state index in [0.717, 1.165) is 5.75 Å². The van der Waals surface area contributed by atoms with Crippen LogP contribution in [0.3, 0.4) is 0 Å². The molecular formula is C20H24OU. The van der Waals surface area contributed by atoms with Crippen molar-refractivity contribution in [1.82, 2.24) is 0 Å². The molecule has 2 aromatic rings. The summed E-state index contributed by atoms with van der Waals surface area (Å²) in [5, 5.41) is 0. The molecule has 0 aliphatic heterocycles. The van der Waals surface area contributed by atoms with Gasteiger partial charge in [0.05, 0.1) is 7.11 Å². The monoisotopic (exact) mass is 518 g/mol. The van der Waals surface area contributed by atoms with Gasteiger partial charge in [0.15, 0.2) is 0 Å². The van der Waals surface area contributed by atoms with Crippen LogP contribution in [0.4, 0.5) is 0 Å². The Bertz CT molecular complexity index is 542. The first kappa shape index (κ1) is 19.3. The maximum Gasteiger partial charge on any atom is 2.00 e. The van der Waals surface area contributed by atoms with E-state index in [2.05, 4.69) is 42.5 Å². The predicted octanol–water partition coefficient (Wildman–Crippen LogP) is 5.20. The van der Waals surface area contributed by atoms with E-state index < -0.39 is 0 Å². The largest absolute Gasteiger partial charge is 2.00 e. The maximum atomic E-state index is 5.29. The molecule has 0 atom stereocenters. The molecule has 22 heavy (non-hydrogen) atoms. The van der Waals surface area contributed by atoms with Crippen LogP contribution in [0, 0.1) is 44.6 Å². The first-order valence-electron chi connectivity index (χ1n) is 7.47. The first-order valence-corrected chi connectivity index (χ1v) is 7.47. The van der Waals surface area contributed by atoms with Gasteiger partial charge in [-0.3, -0.25) is 0 Å². The van der Waals surface area contributed by atoms with Crippen LogP contribution in [-0.4, -0.2) is 7.11 Å². The van der Waals surface area contributed by atoms with Crippen molar-refractivity contribution in [3.8, 4) is 5.75 Å². The average Bonchev–Trinajstić information content (AvgIpc) is 2.56. The van der Waals surface area contributed by atoms with Crippen LogP contribution in [0.2, 0.25) is 0 Å². The Balaban J connectivity index is 0.00000121. The molecule has 1 aliphatic carbocycles. The second-order valence-corrected chi connectivity index (χ2v) is 5.65. The Morgan fingerprint density at radius 1 is 0.955 bits per heavy atom. The molecule has 0 unspecified atom stereocenters. The van der Waals surface area contributed by atoms with E-state index in [1.54, 1.807) is 7.11 Å². The van der Waals surface area contributed by atoms with Gasteiger partial charge in [0.25, 0.3) is 0 Å². The van der Waals surface area contributed by atoms with Gasteiger partial charge < -0.3 is 12.2 Å². The molecule has 1 aliphatic rings. The zero-order valence-electron chi connectivity index (χ0n) is 13.6. The number of benzene rings is 2. The third-order valence-corrected chi connectivity index (χ3v) is 4.57. The number of ether oxygens (including phenoxy) is 1. The zero-order chi connectivity index (χ0) is 13.8. The number of methoxy groups -OCH3 is 1. The molecule has 0 N–H and O–H groups in total. The normalized spacial score (nSPS) is 16.0. The second-order valence-electron chi connectivity index (χ2n) is 5.65. The first-order chi connectivity index (χ1) is 9.85. The quantitative estimate of drug-likeness (QED) is 0.508. The molecule has 1 fully saturated rings. The summed E-state index contributed by atoms with van der Waals surface area (Å²) in [6.45, 7) is 0. The third kappa shape index (κ3) is 3.79. The summed E-state index contributed by atoms with van der Waals surface area (Å²) in [4.78, 5) is 0. The van der Waals surface area contributed by atoms with Gasteiger partial charge in [-0.05, 0) is 36.0 Å². The van der Waals surface area contributed by atoms with Gasteiger partial charge in [-0.1, -0.05) is 31.4 Å². The summed E-state index contributed by atoms with van der Waals surface area (Å²) < 4.78 is 5.29. The minimum absolute atomic E-state index is 0. The summed E-state index contributed by atoms with van der Waals surface area (Å²) in [6, 6.07) is 20.5. The van der Waals surface area contributed by atoms with Crippen LogP contribution < -0.4 is 4.74 Å². The Morgan fingerprint density at radius 3 is 2.18 bits per heavy atom. The van der Waals surface area contributed by atoms with Crippen molar-refractivity contribution in [1.29, 1.82) is 0 Å². The van der Waals surface area contributed by atoms with Gasteiger partial charge in [-0.25, -0.2) is 0 Å². The van der Waals surface area contributed by atoms with Crippen LogP contribution in [-0.2, 0) is 5.41 Å². The molecule has 0 amide bonds. The van der Waals surface area contributed by atoms with Gasteiger partial charge in [-0.2, -0.15) is 35.9 Å². The van der Waals surface area contributed by atoms with Crippen LogP contribution in [0.25, 0.3) is 0 Å². The van der Waals surface area contributed by atoms with E-state index in [1.165, 1.54) is 43.2 Å². The summed E-state index contributed by atoms with van der Waals surface area (Å²) in [7, 11) is 1.72. The molecule has 0 saturated heterocycles. The molecule has 1 nitrogen and oxygen atoms in total. The minimum Gasteiger partial charge on any atom is -0.497 e. The minimum atomic E-state index is 0. The van der Waals surface area contributed by atoms with Gasteiger partial charge in [0.2, 0.25) is 0 Å². The summed E-state index contributed by atoms with van der Waals surface area (Å²) in [5.74, 6) is 0.928. The van der Waals surface area contributed by atoms with E-state index in [4.69, 9.17) is 4.74 Å². The van der Waals surface area contributed by atoms with E-state index in [-0.39, 0.29) is 44.0 Å². The predicted molar refractivity (Wildman–Crippen MR) is 88.6 cm³/mol. The van der Waals surface area contributed by atoms with Crippen molar-refractivity contribution in [2.45, 2.75) is 37.5 Å². The van der Waals surface area contributed by atoms with E-state index in [9.17, 15) is 0 Å². The standard InChI is InChI=1S/C19H21O.CH3.U/c1-20-18-12-10-17(11-13-18)19(14-6-3-7-15-19)16-8-4-2-5-9-16;;/h2,4-5,8,10-13H,3,6-7,14-15H2,1H3;1H3;/q2*-1;+2.